The van der Waals surface area contributed by atoms with Gasteiger partial charge in [0.2, 0.25) is 15.9 Å². The standard InChI is InChI=1S/C19H20ClN3O5S/c1-21(2)29(26,27)14-8-9-16(23-11-18(24)22(3)19(23)25)17(10-14)28-12-13-6-4-5-7-15(13)20/h4-10H,11-12H2,1-3H3. The van der Waals surface area contributed by atoms with E-state index in [4.69, 9.17) is 16.3 Å². The lowest BCUT2D eigenvalue weighted by Crippen LogP contribution is -2.30. The number of imide groups is 1. The summed E-state index contributed by atoms with van der Waals surface area (Å²) in [4.78, 5) is 26.6. The smallest absolute Gasteiger partial charge is 0.331 e. The molecule has 3 rings (SSSR count). The lowest BCUT2D eigenvalue weighted by molar-refractivity contribution is -0.123. The molecule has 0 atom stereocenters. The van der Waals surface area contributed by atoms with Crippen LogP contribution in [0.5, 0.6) is 5.75 Å². The van der Waals surface area contributed by atoms with Crippen molar-refractivity contribution in [3.8, 4) is 5.75 Å². The summed E-state index contributed by atoms with van der Waals surface area (Å²) in [6.07, 6.45) is 0. The van der Waals surface area contributed by atoms with E-state index in [1.807, 2.05) is 0 Å². The zero-order chi connectivity index (χ0) is 21.3. The Labute approximate surface area is 174 Å². The minimum atomic E-state index is -3.72. The van der Waals surface area contributed by atoms with Crippen LogP contribution >= 0.6 is 11.6 Å². The topological polar surface area (TPSA) is 87.2 Å². The maximum atomic E-state index is 12.5. The molecular weight excluding hydrogens is 418 g/mol. The van der Waals surface area contributed by atoms with Gasteiger partial charge in [0.1, 0.15) is 18.9 Å². The molecule has 10 heteroatoms. The first-order chi connectivity index (χ1) is 13.6. The molecule has 29 heavy (non-hydrogen) atoms. The highest BCUT2D eigenvalue weighted by Gasteiger charge is 2.36. The SMILES string of the molecule is CN1C(=O)CN(c2ccc(S(=O)(=O)N(C)C)cc2OCc2ccccc2Cl)C1=O. The molecule has 1 aliphatic rings. The van der Waals surface area contributed by atoms with Gasteiger partial charge in [-0.25, -0.2) is 17.5 Å². The predicted molar refractivity (Wildman–Crippen MR) is 109 cm³/mol. The van der Waals surface area contributed by atoms with Gasteiger partial charge in [0.15, 0.2) is 0 Å². The Bertz CT molecular complexity index is 1070. The van der Waals surface area contributed by atoms with E-state index >= 15 is 0 Å². The van der Waals surface area contributed by atoms with E-state index in [2.05, 4.69) is 0 Å². The van der Waals surface area contributed by atoms with Crippen LogP contribution in [0, 0.1) is 0 Å². The Morgan fingerprint density at radius 2 is 1.83 bits per heavy atom. The number of ether oxygens (including phenoxy) is 1. The van der Waals surface area contributed by atoms with Crippen LogP contribution in [0.4, 0.5) is 10.5 Å². The third-order valence-corrected chi connectivity index (χ3v) is 6.71. The maximum absolute atomic E-state index is 12.5. The van der Waals surface area contributed by atoms with Crippen molar-refractivity contribution in [2.45, 2.75) is 11.5 Å². The van der Waals surface area contributed by atoms with Gasteiger partial charge in [0.25, 0.3) is 0 Å². The fraction of sp³-hybridized carbons (Fsp3) is 0.263. The molecule has 0 N–H and O–H groups in total. The van der Waals surface area contributed by atoms with Crippen molar-refractivity contribution in [1.29, 1.82) is 0 Å². The predicted octanol–water partition coefficient (Wildman–Crippen LogP) is 2.57. The zero-order valence-electron chi connectivity index (χ0n) is 16.1. The van der Waals surface area contributed by atoms with Crippen LogP contribution < -0.4 is 9.64 Å². The number of urea groups is 1. The number of likely N-dealkylation sites (N-methyl/N-ethyl adjacent to an activating group) is 1. The van der Waals surface area contributed by atoms with E-state index in [1.165, 1.54) is 44.2 Å². The summed E-state index contributed by atoms with van der Waals surface area (Å²) in [7, 11) is 0.513. The first-order valence-corrected chi connectivity index (χ1v) is 10.5. The van der Waals surface area contributed by atoms with Gasteiger partial charge in [-0.1, -0.05) is 29.8 Å². The molecule has 8 nitrogen and oxygen atoms in total. The molecular formula is C19H20ClN3O5S. The van der Waals surface area contributed by atoms with Gasteiger partial charge >= 0.3 is 6.03 Å². The van der Waals surface area contributed by atoms with Crippen LogP contribution in [0.1, 0.15) is 5.56 Å². The minimum Gasteiger partial charge on any atom is -0.487 e. The normalized spacial score (nSPS) is 14.8. The van der Waals surface area contributed by atoms with Crippen molar-refractivity contribution < 1.29 is 22.7 Å². The second-order valence-electron chi connectivity index (χ2n) is 6.62. The van der Waals surface area contributed by atoms with Crippen molar-refractivity contribution in [2.24, 2.45) is 0 Å². The Kier molecular flexibility index (Phi) is 5.83. The average Bonchev–Trinajstić information content (AvgIpc) is 2.94. The highest BCUT2D eigenvalue weighted by Crippen LogP contribution is 2.35. The van der Waals surface area contributed by atoms with Crippen LogP contribution in [0.2, 0.25) is 5.02 Å². The van der Waals surface area contributed by atoms with Gasteiger partial charge in [-0.3, -0.25) is 14.6 Å². The molecule has 0 radical (unpaired) electrons. The molecule has 0 unspecified atom stereocenters. The molecule has 2 aromatic rings. The maximum Gasteiger partial charge on any atom is 0.331 e. The summed E-state index contributed by atoms with van der Waals surface area (Å²) in [5.41, 5.74) is 0.999. The van der Waals surface area contributed by atoms with Crippen molar-refractivity contribution in [2.75, 3.05) is 32.6 Å². The van der Waals surface area contributed by atoms with Crippen molar-refractivity contribution >= 4 is 39.2 Å². The second kappa shape index (κ2) is 8.02. The number of carbonyl (C=O) groups excluding carboxylic acids is 2. The lowest BCUT2D eigenvalue weighted by atomic mass is 10.2. The van der Waals surface area contributed by atoms with Gasteiger partial charge in [0, 0.05) is 37.8 Å². The molecule has 2 aromatic carbocycles. The first-order valence-electron chi connectivity index (χ1n) is 8.63. The molecule has 1 saturated heterocycles. The minimum absolute atomic E-state index is 0.00624. The fourth-order valence-electron chi connectivity index (χ4n) is 2.76. The summed E-state index contributed by atoms with van der Waals surface area (Å²) < 4.78 is 32.0. The zero-order valence-corrected chi connectivity index (χ0v) is 17.7. The summed E-state index contributed by atoms with van der Waals surface area (Å²) in [5, 5.41) is 0.498. The van der Waals surface area contributed by atoms with Gasteiger partial charge in [-0.05, 0) is 18.2 Å². The Balaban J connectivity index is 2.02. The third-order valence-electron chi connectivity index (χ3n) is 4.53. The number of rotatable bonds is 6. The Morgan fingerprint density at radius 1 is 1.14 bits per heavy atom. The number of halogens is 1. The number of carbonyl (C=O) groups is 2. The third kappa shape index (κ3) is 4.07. The summed E-state index contributed by atoms with van der Waals surface area (Å²) in [6.45, 7) is -0.0957. The van der Waals surface area contributed by atoms with Crippen LogP contribution in [0.25, 0.3) is 0 Å². The van der Waals surface area contributed by atoms with E-state index in [-0.39, 0.29) is 29.7 Å². The first kappa shape index (κ1) is 21.1. The van der Waals surface area contributed by atoms with Crippen LogP contribution in [-0.2, 0) is 21.4 Å². The van der Waals surface area contributed by atoms with Crippen LogP contribution in [0.3, 0.4) is 0 Å². The largest absolute Gasteiger partial charge is 0.487 e. The number of sulfonamides is 1. The molecule has 0 bridgehead atoms. The highest BCUT2D eigenvalue weighted by atomic mass is 35.5. The van der Waals surface area contributed by atoms with E-state index in [1.54, 1.807) is 24.3 Å². The molecule has 154 valence electrons. The van der Waals surface area contributed by atoms with E-state index in [9.17, 15) is 18.0 Å². The number of hydrogen-bond donors (Lipinski definition) is 0. The van der Waals surface area contributed by atoms with E-state index in [0.29, 0.717) is 16.3 Å². The quantitative estimate of drug-likeness (QED) is 0.648. The summed E-state index contributed by atoms with van der Waals surface area (Å²) >= 11 is 6.17. The average molecular weight is 438 g/mol. The van der Waals surface area contributed by atoms with E-state index < -0.39 is 16.1 Å². The number of hydrogen-bond acceptors (Lipinski definition) is 5. The molecule has 0 aliphatic carbocycles. The number of anilines is 1. The van der Waals surface area contributed by atoms with Gasteiger partial charge in [-0.15, -0.1) is 0 Å². The molecule has 0 aromatic heterocycles. The van der Waals surface area contributed by atoms with Crippen molar-refractivity contribution in [3.05, 3.63) is 53.1 Å². The van der Waals surface area contributed by atoms with Gasteiger partial charge in [0.05, 0.1) is 10.6 Å². The van der Waals surface area contributed by atoms with Crippen molar-refractivity contribution in [3.63, 3.8) is 0 Å². The number of amides is 3. The molecule has 3 amide bonds. The second-order valence-corrected chi connectivity index (χ2v) is 9.18. The molecule has 1 fully saturated rings. The lowest BCUT2D eigenvalue weighted by Gasteiger charge is -2.21. The monoisotopic (exact) mass is 437 g/mol. The Morgan fingerprint density at radius 3 is 2.41 bits per heavy atom. The molecule has 0 spiro atoms. The number of benzene rings is 2. The van der Waals surface area contributed by atoms with Gasteiger partial charge < -0.3 is 4.74 Å². The van der Waals surface area contributed by atoms with Crippen LogP contribution in [0.15, 0.2) is 47.4 Å². The summed E-state index contributed by atoms with van der Waals surface area (Å²) in [5.74, 6) is -0.207. The van der Waals surface area contributed by atoms with Crippen LogP contribution in [-0.4, -0.2) is 57.2 Å². The van der Waals surface area contributed by atoms with Gasteiger partial charge in [-0.2, -0.15) is 0 Å². The highest BCUT2D eigenvalue weighted by molar-refractivity contribution is 7.89. The van der Waals surface area contributed by atoms with E-state index in [0.717, 1.165) is 9.21 Å². The molecule has 0 saturated carbocycles. The Hall–Kier alpha value is -2.62. The number of nitrogens with zero attached hydrogens (tertiary/aromatic N) is 3. The molecule has 1 heterocycles. The summed E-state index contributed by atoms with van der Waals surface area (Å²) in [6, 6.07) is 10.7. The molecule has 1 aliphatic heterocycles. The fourth-order valence-corrected chi connectivity index (χ4v) is 3.87. The van der Waals surface area contributed by atoms with Crippen molar-refractivity contribution in [1.82, 2.24) is 9.21 Å².